The van der Waals surface area contributed by atoms with Gasteiger partial charge in [0.1, 0.15) is 11.6 Å². The number of hydrogen-bond acceptors (Lipinski definition) is 2. The highest BCUT2D eigenvalue weighted by Gasteiger charge is 2.10. The third kappa shape index (κ3) is 3.52. The molecule has 0 spiro atoms. The van der Waals surface area contributed by atoms with Crippen LogP contribution in [-0.2, 0) is 0 Å². The highest BCUT2D eigenvalue weighted by molar-refractivity contribution is 6.32. The first kappa shape index (κ1) is 15.9. The van der Waals surface area contributed by atoms with E-state index >= 15 is 0 Å². The van der Waals surface area contributed by atoms with Crippen molar-refractivity contribution in [2.24, 2.45) is 0 Å². The van der Waals surface area contributed by atoms with Crippen LogP contribution in [0.1, 0.15) is 0 Å². The minimum atomic E-state index is -0.864. The van der Waals surface area contributed by atoms with Crippen LogP contribution < -0.4 is 10.6 Å². The molecule has 0 aliphatic rings. The molecule has 0 aliphatic heterocycles. The van der Waals surface area contributed by atoms with Crippen molar-refractivity contribution in [2.75, 3.05) is 10.6 Å². The van der Waals surface area contributed by atoms with E-state index in [2.05, 4.69) is 15.7 Å². The maximum absolute atomic E-state index is 13.5. The molecule has 0 aliphatic carbocycles. The molecule has 1 aromatic heterocycles. The fourth-order valence-corrected chi connectivity index (χ4v) is 2.25. The third-order valence-corrected chi connectivity index (χ3v) is 3.44. The molecule has 3 aromatic rings. The number of carbonyl (C=O) groups excluding carboxylic acids is 1. The van der Waals surface area contributed by atoms with E-state index in [1.807, 2.05) is 0 Å². The van der Waals surface area contributed by atoms with Gasteiger partial charge in [-0.15, -0.1) is 0 Å². The molecular weight excluding hydrogens is 338 g/mol. The van der Waals surface area contributed by atoms with Gasteiger partial charge in [-0.1, -0.05) is 23.7 Å². The number of nitrogens with one attached hydrogen (secondary N) is 2. The van der Waals surface area contributed by atoms with Crippen LogP contribution in [0.15, 0.2) is 54.9 Å². The first-order chi connectivity index (χ1) is 11.5. The second kappa shape index (κ2) is 6.67. The van der Waals surface area contributed by atoms with Gasteiger partial charge >= 0.3 is 6.03 Å². The number of nitrogens with zero attached hydrogens (tertiary/aromatic N) is 2. The number of para-hydroxylation sites is 1. The summed E-state index contributed by atoms with van der Waals surface area (Å²) in [5.41, 5.74) is 0.902. The average molecular weight is 349 g/mol. The smallest absolute Gasteiger partial charge is 0.305 e. The molecule has 3 rings (SSSR count). The van der Waals surface area contributed by atoms with Crippen molar-refractivity contribution in [2.45, 2.75) is 0 Å². The first-order valence-corrected chi connectivity index (χ1v) is 7.23. The maximum atomic E-state index is 13.5. The van der Waals surface area contributed by atoms with Crippen molar-refractivity contribution in [3.05, 3.63) is 71.5 Å². The standard InChI is InChI=1S/C16H11ClF2N4O/c17-12-3-1-2-4-15(12)23-9-11(8-20-23)21-16(24)22-14-6-5-10(18)7-13(14)19/h1-9H,(H2,21,22,24). The normalized spacial score (nSPS) is 10.5. The van der Waals surface area contributed by atoms with Crippen LogP contribution in [0, 0.1) is 11.6 Å². The second-order valence-electron chi connectivity index (χ2n) is 4.83. The molecule has 0 unspecified atom stereocenters. The minimum Gasteiger partial charge on any atom is -0.305 e. The molecule has 1 heterocycles. The molecule has 0 saturated heterocycles. The number of hydrogen-bond donors (Lipinski definition) is 2. The molecule has 2 amide bonds. The average Bonchev–Trinajstić information content (AvgIpc) is 2.99. The Labute approximate surface area is 140 Å². The summed E-state index contributed by atoms with van der Waals surface area (Å²) in [6.07, 6.45) is 2.98. The van der Waals surface area contributed by atoms with E-state index in [1.54, 1.807) is 30.5 Å². The highest BCUT2D eigenvalue weighted by Crippen LogP contribution is 2.21. The van der Waals surface area contributed by atoms with Gasteiger partial charge in [-0.3, -0.25) is 0 Å². The first-order valence-electron chi connectivity index (χ1n) is 6.85. The van der Waals surface area contributed by atoms with Gasteiger partial charge in [-0.25, -0.2) is 18.3 Å². The zero-order valence-corrected chi connectivity index (χ0v) is 12.9. The molecule has 24 heavy (non-hydrogen) atoms. The summed E-state index contributed by atoms with van der Waals surface area (Å²) in [5.74, 6) is -1.59. The number of anilines is 2. The highest BCUT2D eigenvalue weighted by atomic mass is 35.5. The van der Waals surface area contributed by atoms with Gasteiger partial charge in [0.15, 0.2) is 0 Å². The van der Waals surface area contributed by atoms with E-state index in [0.717, 1.165) is 12.1 Å². The largest absolute Gasteiger partial charge is 0.323 e. The van der Waals surface area contributed by atoms with Gasteiger partial charge in [0, 0.05) is 6.07 Å². The lowest BCUT2D eigenvalue weighted by Gasteiger charge is -2.07. The maximum Gasteiger partial charge on any atom is 0.323 e. The quantitative estimate of drug-likeness (QED) is 0.734. The Balaban J connectivity index is 1.70. The molecule has 0 fully saturated rings. The Morgan fingerprint density at radius 1 is 1.12 bits per heavy atom. The summed E-state index contributed by atoms with van der Waals surface area (Å²) in [5, 5.41) is 9.40. The molecule has 0 radical (unpaired) electrons. The van der Waals surface area contributed by atoms with E-state index in [9.17, 15) is 13.6 Å². The summed E-state index contributed by atoms with van der Waals surface area (Å²) < 4.78 is 27.8. The number of rotatable bonds is 3. The van der Waals surface area contributed by atoms with Crippen molar-refractivity contribution < 1.29 is 13.6 Å². The van der Waals surface area contributed by atoms with E-state index in [4.69, 9.17) is 11.6 Å². The topological polar surface area (TPSA) is 59.0 Å². The Morgan fingerprint density at radius 2 is 1.92 bits per heavy atom. The van der Waals surface area contributed by atoms with Crippen molar-refractivity contribution >= 4 is 29.0 Å². The summed E-state index contributed by atoms with van der Waals surface area (Å²) in [6, 6.07) is 9.28. The molecule has 0 bridgehead atoms. The zero-order valence-electron chi connectivity index (χ0n) is 12.1. The predicted octanol–water partition coefficient (Wildman–Crippen LogP) is 4.45. The van der Waals surface area contributed by atoms with Crippen LogP contribution in [-0.4, -0.2) is 15.8 Å². The molecule has 0 atom stereocenters. The van der Waals surface area contributed by atoms with Crippen molar-refractivity contribution in [1.82, 2.24) is 9.78 Å². The molecule has 122 valence electrons. The molecule has 2 aromatic carbocycles. The van der Waals surface area contributed by atoms with Crippen LogP contribution in [0.5, 0.6) is 0 Å². The van der Waals surface area contributed by atoms with Crippen LogP contribution in [0.25, 0.3) is 5.69 Å². The Hall–Kier alpha value is -2.93. The van der Waals surface area contributed by atoms with Crippen LogP contribution >= 0.6 is 11.6 Å². The van der Waals surface area contributed by atoms with Gasteiger partial charge in [0.05, 0.1) is 34.5 Å². The minimum absolute atomic E-state index is 0.132. The summed E-state index contributed by atoms with van der Waals surface area (Å²) in [6.45, 7) is 0. The monoisotopic (exact) mass is 348 g/mol. The Kier molecular flexibility index (Phi) is 4.43. The lowest BCUT2D eigenvalue weighted by molar-refractivity contribution is 0.262. The number of halogens is 3. The number of aromatic nitrogens is 2. The van der Waals surface area contributed by atoms with Gasteiger partial charge in [0.2, 0.25) is 0 Å². The number of benzene rings is 2. The molecule has 0 saturated carbocycles. The SMILES string of the molecule is O=C(Nc1cnn(-c2ccccc2Cl)c1)Nc1ccc(F)cc1F. The fraction of sp³-hybridized carbons (Fsp3) is 0. The van der Waals surface area contributed by atoms with Crippen molar-refractivity contribution in [1.29, 1.82) is 0 Å². The molecule has 5 nitrogen and oxygen atoms in total. The molecule has 2 N–H and O–H groups in total. The van der Waals surface area contributed by atoms with Gasteiger partial charge in [-0.05, 0) is 24.3 Å². The fourth-order valence-electron chi connectivity index (χ4n) is 2.03. The van der Waals surface area contributed by atoms with E-state index in [0.29, 0.717) is 22.5 Å². The Bertz CT molecular complexity index is 897. The van der Waals surface area contributed by atoms with Crippen molar-refractivity contribution in [3.63, 3.8) is 0 Å². The van der Waals surface area contributed by atoms with Gasteiger partial charge in [-0.2, -0.15) is 5.10 Å². The number of urea groups is 1. The summed E-state index contributed by atoms with van der Waals surface area (Å²) in [7, 11) is 0. The Morgan fingerprint density at radius 3 is 2.67 bits per heavy atom. The van der Waals surface area contributed by atoms with Gasteiger partial charge in [0.25, 0.3) is 0 Å². The number of amides is 2. The zero-order chi connectivity index (χ0) is 17.1. The summed E-state index contributed by atoms with van der Waals surface area (Å²) in [4.78, 5) is 11.9. The van der Waals surface area contributed by atoms with Crippen molar-refractivity contribution in [3.8, 4) is 5.69 Å². The summed E-state index contributed by atoms with van der Waals surface area (Å²) >= 11 is 6.08. The van der Waals surface area contributed by atoms with E-state index in [1.165, 1.54) is 10.9 Å². The lowest BCUT2D eigenvalue weighted by atomic mass is 10.3. The van der Waals surface area contributed by atoms with E-state index in [-0.39, 0.29) is 5.69 Å². The van der Waals surface area contributed by atoms with Crippen LogP contribution in [0.4, 0.5) is 25.0 Å². The predicted molar refractivity (Wildman–Crippen MR) is 87.6 cm³/mol. The van der Waals surface area contributed by atoms with Crippen LogP contribution in [0.2, 0.25) is 5.02 Å². The second-order valence-corrected chi connectivity index (χ2v) is 5.24. The van der Waals surface area contributed by atoms with Crippen LogP contribution in [0.3, 0.4) is 0 Å². The molecule has 8 heteroatoms. The van der Waals surface area contributed by atoms with Gasteiger partial charge < -0.3 is 10.6 Å². The lowest BCUT2D eigenvalue weighted by Crippen LogP contribution is -2.19. The molecular formula is C16H11ClF2N4O. The number of carbonyl (C=O) groups is 1. The third-order valence-electron chi connectivity index (χ3n) is 3.12. The van der Waals surface area contributed by atoms with E-state index < -0.39 is 17.7 Å².